The number of carbonyl (C=O) groups excluding carboxylic acids is 1. The van der Waals surface area contributed by atoms with Crippen LogP contribution in [-0.4, -0.2) is 38.3 Å². The molecule has 150 valence electrons. The summed E-state index contributed by atoms with van der Waals surface area (Å²) in [4.78, 5) is 26.6. The van der Waals surface area contributed by atoms with Crippen LogP contribution in [0, 0.1) is 0 Å². The van der Waals surface area contributed by atoms with Gasteiger partial charge in [-0.3, -0.25) is 9.59 Å². The molecule has 1 aromatic heterocycles. The van der Waals surface area contributed by atoms with Crippen LogP contribution in [0.4, 0.5) is 0 Å². The Morgan fingerprint density at radius 1 is 1.03 bits per heavy atom. The van der Waals surface area contributed by atoms with Crippen LogP contribution in [0.1, 0.15) is 29.1 Å². The van der Waals surface area contributed by atoms with Gasteiger partial charge in [-0.2, -0.15) is 0 Å². The Morgan fingerprint density at radius 2 is 1.72 bits per heavy atom. The van der Waals surface area contributed by atoms with E-state index in [1.807, 2.05) is 25.1 Å². The number of amides is 1. The lowest BCUT2D eigenvalue weighted by Gasteiger charge is -2.35. The number of hydrogen-bond donors (Lipinski definition) is 2. The summed E-state index contributed by atoms with van der Waals surface area (Å²) in [7, 11) is 0. The van der Waals surface area contributed by atoms with Crippen molar-refractivity contribution in [1.82, 2.24) is 5.32 Å². The number of quaternary nitrogens is 1. The monoisotopic (exact) mass is 393 g/mol. The van der Waals surface area contributed by atoms with Gasteiger partial charge in [0.15, 0.2) is 11.2 Å². The Bertz CT molecular complexity index is 1040. The van der Waals surface area contributed by atoms with E-state index in [0.717, 1.165) is 18.7 Å². The number of benzene rings is 2. The van der Waals surface area contributed by atoms with Crippen LogP contribution in [0.3, 0.4) is 0 Å². The third-order valence-corrected chi connectivity index (χ3v) is 5.45. The predicted octanol–water partition coefficient (Wildman–Crippen LogP) is 1.57. The van der Waals surface area contributed by atoms with Crippen molar-refractivity contribution in [3.63, 3.8) is 0 Å². The molecule has 6 heteroatoms. The Kier molecular flexibility index (Phi) is 5.74. The molecule has 1 amide bonds. The lowest BCUT2D eigenvalue weighted by Crippen LogP contribution is -3.15. The van der Waals surface area contributed by atoms with E-state index in [4.69, 9.17) is 9.15 Å². The number of rotatable bonds is 5. The minimum Gasteiger partial charge on any atom is -0.451 e. The minimum absolute atomic E-state index is 0.0318. The number of fused-ring (bicyclic) bond motifs is 1. The largest absolute Gasteiger partial charge is 0.451 e. The zero-order chi connectivity index (χ0) is 20.2. The molecule has 0 unspecified atom stereocenters. The summed E-state index contributed by atoms with van der Waals surface area (Å²) in [6.07, 6.45) is 0. The van der Waals surface area contributed by atoms with E-state index < -0.39 is 0 Å². The number of hydrogen-bond acceptors (Lipinski definition) is 4. The molecular formula is C23H25N2O4+. The highest BCUT2D eigenvalue weighted by Gasteiger charge is 2.32. The first-order valence-electron chi connectivity index (χ1n) is 9.94. The molecule has 0 bridgehead atoms. The summed E-state index contributed by atoms with van der Waals surface area (Å²) in [5.74, 6) is -0.349. The molecule has 0 aliphatic carbocycles. The normalized spacial score (nSPS) is 17.0. The molecule has 1 aliphatic heterocycles. The van der Waals surface area contributed by atoms with Gasteiger partial charge in [0.1, 0.15) is 24.7 Å². The molecule has 2 aromatic carbocycles. The molecule has 29 heavy (non-hydrogen) atoms. The van der Waals surface area contributed by atoms with Crippen LogP contribution >= 0.6 is 0 Å². The SMILES string of the molecule is C[C@@H](NC(=O)c1cc(=O)c2ccccc2o1)[C@@H](c1ccccc1)[NH+]1CCOCC1. The smallest absolute Gasteiger partial charge is 0.287 e. The first-order chi connectivity index (χ1) is 14.1. The van der Waals surface area contributed by atoms with Crippen LogP contribution < -0.4 is 15.6 Å². The molecular weight excluding hydrogens is 368 g/mol. The number of nitrogens with one attached hydrogen (secondary N) is 2. The highest BCUT2D eigenvalue weighted by Crippen LogP contribution is 2.16. The molecule has 2 atom stereocenters. The Morgan fingerprint density at radius 3 is 2.48 bits per heavy atom. The summed E-state index contributed by atoms with van der Waals surface area (Å²) in [5.41, 5.74) is 1.36. The second-order valence-corrected chi connectivity index (χ2v) is 7.39. The lowest BCUT2D eigenvalue weighted by molar-refractivity contribution is -0.940. The van der Waals surface area contributed by atoms with Crippen molar-refractivity contribution >= 4 is 16.9 Å². The fourth-order valence-electron chi connectivity index (χ4n) is 4.06. The number of carbonyl (C=O) groups is 1. The van der Waals surface area contributed by atoms with Crippen molar-refractivity contribution in [3.05, 3.63) is 82.2 Å². The molecule has 0 saturated carbocycles. The van der Waals surface area contributed by atoms with Gasteiger partial charge >= 0.3 is 0 Å². The predicted molar refractivity (Wildman–Crippen MR) is 110 cm³/mol. The second-order valence-electron chi connectivity index (χ2n) is 7.39. The van der Waals surface area contributed by atoms with E-state index in [9.17, 15) is 9.59 Å². The number of ether oxygens (including phenoxy) is 1. The summed E-state index contributed by atoms with van der Waals surface area (Å²) in [6, 6.07) is 18.3. The maximum atomic E-state index is 12.9. The van der Waals surface area contributed by atoms with E-state index in [0.29, 0.717) is 24.2 Å². The summed E-state index contributed by atoms with van der Waals surface area (Å²) >= 11 is 0. The van der Waals surface area contributed by atoms with Gasteiger partial charge in [-0.1, -0.05) is 42.5 Å². The van der Waals surface area contributed by atoms with Crippen LogP contribution in [0.15, 0.2) is 69.9 Å². The van der Waals surface area contributed by atoms with Gasteiger partial charge in [-0.25, -0.2) is 0 Å². The van der Waals surface area contributed by atoms with Gasteiger partial charge in [0.2, 0.25) is 0 Å². The maximum Gasteiger partial charge on any atom is 0.287 e. The fraction of sp³-hybridized carbons (Fsp3) is 0.304. The summed E-state index contributed by atoms with van der Waals surface area (Å²) < 4.78 is 11.2. The quantitative estimate of drug-likeness (QED) is 0.690. The van der Waals surface area contributed by atoms with E-state index >= 15 is 0 Å². The first-order valence-corrected chi connectivity index (χ1v) is 9.94. The average molecular weight is 393 g/mol. The van der Waals surface area contributed by atoms with Crippen molar-refractivity contribution in [2.75, 3.05) is 26.3 Å². The Balaban J connectivity index is 1.59. The zero-order valence-electron chi connectivity index (χ0n) is 16.4. The number of morpholine rings is 1. The van der Waals surface area contributed by atoms with Crippen LogP contribution in [0.2, 0.25) is 0 Å². The molecule has 2 N–H and O–H groups in total. The van der Waals surface area contributed by atoms with Crippen LogP contribution in [0.25, 0.3) is 11.0 Å². The molecule has 0 radical (unpaired) electrons. The Labute approximate surface area is 169 Å². The second kappa shape index (κ2) is 8.59. The molecule has 3 aromatic rings. The van der Waals surface area contributed by atoms with Crippen LogP contribution in [0.5, 0.6) is 0 Å². The molecule has 0 spiro atoms. The van der Waals surface area contributed by atoms with Crippen molar-refractivity contribution in [2.45, 2.75) is 19.0 Å². The fourth-order valence-corrected chi connectivity index (χ4v) is 4.06. The first kappa shape index (κ1) is 19.4. The van der Waals surface area contributed by atoms with Crippen molar-refractivity contribution in [3.8, 4) is 0 Å². The van der Waals surface area contributed by atoms with Crippen LogP contribution in [-0.2, 0) is 4.74 Å². The third-order valence-electron chi connectivity index (χ3n) is 5.45. The maximum absolute atomic E-state index is 12.9. The van der Waals surface area contributed by atoms with E-state index in [1.54, 1.807) is 24.3 Å². The van der Waals surface area contributed by atoms with E-state index in [2.05, 4.69) is 17.4 Å². The molecule has 4 rings (SSSR count). The van der Waals surface area contributed by atoms with Gasteiger partial charge in [0, 0.05) is 11.6 Å². The highest BCUT2D eigenvalue weighted by atomic mass is 16.5. The third kappa shape index (κ3) is 4.23. The van der Waals surface area contributed by atoms with Gasteiger partial charge < -0.3 is 19.4 Å². The number of para-hydroxylation sites is 1. The standard InChI is InChI=1S/C23H24N2O4/c1-16(22(17-7-3-2-4-8-17)25-11-13-28-14-12-25)24-23(27)21-15-19(26)18-9-5-6-10-20(18)29-21/h2-10,15-16,22H,11-14H2,1H3,(H,24,27)/p+1/t16-,22+/m1/s1. The van der Waals surface area contributed by atoms with E-state index in [1.165, 1.54) is 11.0 Å². The van der Waals surface area contributed by atoms with Gasteiger partial charge in [0.25, 0.3) is 5.91 Å². The average Bonchev–Trinajstić information content (AvgIpc) is 2.75. The summed E-state index contributed by atoms with van der Waals surface area (Å²) in [5, 5.41) is 3.52. The molecule has 1 fully saturated rings. The molecule has 6 nitrogen and oxygen atoms in total. The molecule has 1 saturated heterocycles. The van der Waals surface area contributed by atoms with Gasteiger partial charge in [-0.15, -0.1) is 0 Å². The lowest BCUT2D eigenvalue weighted by atomic mass is 9.98. The topological polar surface area (TPSA) is 73.0 Å². The summed E-state index contributed by atoms with van der Waals surface area (Å²) in [6.45, 7) is 5.17. The van der Waals surface area contributed by atoms with E-state index in [-0.39, 0.29) is 29.2 Å². The van der Waals surface area contributed by atoms with Gasteiger partial charge in [0.05, 0.1) is 24.6 Å². The van der Waals surface area contributed by atoms with Crippen molar-refractivity contribution in [1.29, 1.82) is 0 Å². The Hall–Kier alpha value is -2.96. The van der Waals surface area contributed by atoms with Crippen molar-refractivity contribution in [2.24, 2.45) is 0 Å². The minimum atomic E-state index is -0.381. The highest BCUT2D eigenvalue weighted by molar-refractivity contribution is 5.93. The molecule has 1 aliphatic rings. The molecule has 2 heterocycles. The zero-order valence-corrected chi connectivity index (χ0v) is 16.4. The van der Waals surface area contributed by atoms with Crippen molar-refractivity contribution < 1.29 is 18.8 Å². The van der Waals surface area contributed by atoms with Gasteiger partial charge in [-0.05, 0) is 19.1 Å².